The van der Waals surface area contributed by atoms with Crippen molar-refractivity contribution in [2.24, 2.45) is 0 Å². The fourth-order valence-corrected chi connectivity index (χ4v) is 7.67. The first-order valence-corrected chi connectivity index (χ1v) is 14.9. The van der Waals surface area contributed by atoms with Crippen LogP contribution in [0.25, 0.3) is 0 Å². The van der Waals surface area contributed by atoms with E-state index in [0.29, 0.717) is 19.5 Å². The van der Waals surface area contributed by atoms with Gasteiger partial charge in [-0.25, -0.2) is 16.8 Å². The summed E-state index contributed by atoms with van der Waals surface area (Å²) in [6.07, 6.45) is 8.72. The molecule has 2 unspecified atom stereocenters. The number of sulfonamides is 1. The smallest absolute Gasteiger partial charge is 0.253 e. The van der Waals surface area contributed by atoms with Gasteiger partial charge in [-0.15, -0.1) is 0 Å². The summed E-state index contributed by atoms with van der Waals surface area (Å²) in [5.74, 6) is -0.397. The molecule has 2 heterocycles. The molecule has 0 bridgehead atoms. The predicted molar refractivity (Wildman–Crippen MR) is 125 cm³/mol. The van der Waals surface area contributed by atoms with Crippen molar-refractivity contribution in [1.82, 2.24) is 14.9 Å². The van der Waals surface area contributed by atoms with Gasteiger partial charge in [0.25, 0.3) is 5.91 Å². The van der Waals surface area contributed by atoms with Gasteiger partial charge < -0.3 is 10.6 Å². The molecule has 174 valence electrons. The lowest BCUT2D eigenvalue weighted by atomic mass is 10.1. The number of allylic oxidation sites excluding steroid dienone is 2. The van der Waals surface area contributed by atoms with E-state index in [1.54, 1.807) is 24.3 Å². The zero-order chi connectivity index (χ0) is 22.9. The Morgan fingerprint density at radius 1 is 1.12 bits per heavy atom. The molecule has 11 heteroatoms. The van der Waals surface area contributed by atoms with Crippen LogP contribution < -0.4 is 10.6 Å². The van der Waals surface area contributed by atoms with Gasteiger partial charge in [0, 0.05) is 41.9 Å². The molecule has 1 amide bonds. The van der Waals surface area contributed by atoms with Gasteiger partial charge in [0.2, 0.25) is 10.0 Å². The molecule has 1 aromatic carbocycles. The Kier molecular flexibility index (Phi) is 6.71. The van der Waals surface area contributed by atoms with Crippen LogP contribution in [0.15, 0.2) is 51.9 Å². The van der Waals surface area contributed by atoms with Crippen molar-refractivity contribution in [1.29, 1.82) is 0 Å². The highest BCUT2D eigenvalue weighted by Gasteiger charge is 2.32. The summed E-state index contributed by atoms with van der Waals surface area (Å²) in [5.41, 5.74) is 0.608. The number of nitrogens with one attached hydrogen (secondary N) is 2. The molecular weight excluding hydrogens is 470 g/mol. The number of amides is 1. The summed E-state index contributed by atoms with van der Waals surface area (Å²) in [6.45, 7) is 1.00. The summed E-state index contributed by atoms with van der Waals surface area (Å²) < 4.78 is 51.3. The van der Waals surface area contributed by atoms with Gasteiger partial charge >= 0.3 is 0 Å². The summed E-state index contributed by atoms with van der Waals surface area (Å²) in [6, 6.07) is 6.11. The molecular formula is C21H27N3O5S3. The van der Waals surface area contributed by atoms with Crippen LogP contribution in [0.3, 0.4) is 0 Å². The highest BCUT2D eigenvalue weighted by Crippen LogP contribution is 2.37. The van der Waals surface area contributed by atoms with Crippen LogP contribution in [0.1, 0.15) is 42.5 Å². The average molecular weight is 498 g/mol. The monoisotopic (exact) mass is 497 g/mol. The molecule has 0 saturated carbocycles. The second-order valence-corrected chi connectivity index (χ2v) is 13.6. The van der Waals surface area contributed by atoms with Gasteiger partial charge in [-0.2, -0.15) is 4.31 Å². The zero-order valence-electron chi connectivity index (χ0n) is 17.8. The van der Waals surface area contributed by atoms with E-state index in [1.807, 2.05) is 0 Å². The number of nitrogens with zero attached hydrogens (tertiary/aromatic N) is 1. The van der Waals surface area contributed by atoms with Crippen LogP contribution >= 0.6 is 11.8 Å². The number of carbonyl (C=O) groups is 1. The molecule has 0 spiro atoms. The van der Waals surface area contributed by atoms with Gasteiger partial charge in [-0.1, -0.05) is 36.7 Å². The highest BCUT2D eigenvalue weighted by molar-refractivity contribution is 8.04. The van der Waals surface area contributed by atoms with Gasteiger partial charge in [-0.05, 0) is 37.1 Å². The number of benzene rings is 1. The van der Waals surface area contributed by atoms with E-state index in [9.17, 15) is 21.6 Å². The Morgan fingerprint density at radius 2 is 1.84 bits per heavy atom. The standard InChI is InChI=1S/C21H27N3O5S3/c1-31(26,27)16-9-10-18-19(14-16)30-21(22-18)23-20(25)15-7-6-8-17(13-15)32(28,29)24-11-4-2-3-5-12-24/h6-10,13,16,21-22H,2-5,11-12,14H2,1H3,(H,23,25). The van der Waals surface area contributed by atoms with Crippen molar-refractivity contribution in [3.05, 3.63) is 52.6 Å². The maximum Gasteiger partial charge on any atom is 0.253 e. The third-order valence-electron chi connectivity index (χ3n) is 5.82. The van der Waals surface area contributed by atoms with Crippen molar-refractivity contribution in [2.45, 2.75) is 47.7 Å². The van der Waals surface area contributed by atoms with Gasteiger partial charge in [0.15, 0.2) is 15.3 Å². The molecule has 8 nitrogen and oxygen atoms in total. The number of sulfone groups is 1. The molecule has 1 saturated heterocycles. The Balaban J connectivity index is 1.43. The number of carbonyl (C=O) groups excluding carboxylic acids is 1. The first-order valence-electron chi connectivity index (χ1n) is 10.6. The Bertz CT molecular complexity index is 1170. The van der Waals surface area contributed by atoms with Crippen LogP contribution in [0.4, 0.5) is 0 Å². The lowest BCUT2D eigenvalue weighted by Crippen LogP contribution is -2.40. The van der Waals surface area contributed by atoms with Gasteiger partial charge in [-0.3, -0.25) is 4.79 Å². The third kappa shape index (κ3) is 5.05. The van der Waals surface area contributed by atoms with Crippen molar-refractivity contribution < 1.29 is 21.6 Å². The van der Waals surface area contributed by atoms with Gasteiger partial charge in [0.1, 0.15) is 0 Å². The third-order valence-corrected chi connectivity index (χ3v) is 10.3. The van der Waals surface area contributed by atoms with Crippen LogP contribution in [0.5, 0.6) is 0 Å². The first-order chi connectivity index (χ1) is 15.1. The number of rotatable bonds is 5. The maximum absolute atomic E-state index is 13.1. The molecule has 32 heavy (non-hydrogen) atoms. The van der Waals surface area contributed by atoms with E-state index in [0.717, 1.165) is 36.3 Å². The molecule has 1 aliphatic carbocycles. The highest BCUT2D eigenvalue weighted by atomic mass is 32.2. The van der Waals surface area contributed by atoms with Crippen molar-refractivity contribution in [3.63, 3.8) is 0 Å². The lowest BCUT2D eigenvalue weighted by molar-refractivity contribution is 0.0947. The maximum atomic E-state index is 13.1. The minimum Gasteiger partial charge on any atom is -0.356 e. The SMILES string of the molecule is CS(=O)(=O)C1C=CC2=C(C1)SC(NC(=O)c1cccc(S(=O)(=O)N3CCCCCC3)c1)N2. The first kappa shape index (κ1) is 23.3. The predicted octanol–water partition coefficient (Wildman–Crippen LogP) is 2.19. The molecule has 1 aromatic rings. The normalized spacial score (nSPS) is 24.5. The van der Waals surface area contributed by atoms with Crippen molar-refractivity contribution in [3.8, 4) is 0 Å². The van der Waals surface area contributed by atoms with E-state index in [-0.39, 0.29) is 10.5 Å². The van der Waals surface area contributed by atoms with Crippen LogP contribution in [0.2, 0.25) is 0 Å². The van der Waals surface area contributed by atoms with Crippen molar-refractivity contribution >= 4 is 37.5 Å². The topological polar surface area (TPSA) is 113 Å². The van der Waals surface area contributed by atoms with E-state index in [1.165, 1.54) is 34.5 Å². The molecule has 0 aromatic heterocycles. The molecule has 3 aliphatic rings. The summed E-state index contributed by atoms with van der Waals surface area (Å²) in [4.78, 5) is 13.8. The zero-order valence-corrected chi connectivity index (χ0v) is 20.2. The lowest BCUT2D eigenvalue weighted by Gasteiger charge is -2.20. The number of thioether (sulfide) groups is 1. The van der Waals surface area contributed by atoms with E-state index in [2.05, 4.69) is 10.6 Å². The minimum absolute atomic E-state index is 0.121. The fraction of sp³-hybridized carbons (Fsp3) is 0.476. The molecule has 2 N–H and O–H groups in total. The van der Waals surface area contributed by atoms with Gasteiger partial charge in [0.05, 0.1) is 10.1 Å². The van der Waals surface area contributed by atoms with Crippen molar-refractivity contribution in [2.75, 3.05) is 19.3 Å². The van der Waals surface area contributed by atoms with Crippen LogP contribution in [0, 0.1) is 0 Å². The quantitative estimate of drug-likeness (QED) is 0.641. The van der Waals surface area contributed by atoms with Crippen LogP contribution in [-0.2, 0) is 19.9 Å². The second kappa shape index (κ2) is 9.20. The fourth-order valence-electron chi connectivity index (χ4n) is 4.00. The van der Waals surface area contributed by atoms with E-state index in [4.69, 9.17) is 0 Å². The average Bonchev–Trinajstić information content (AvgIpc) is 2.95. The Morgan fingerprint density at radius 3 is 2.53 bits per heavy atom. The van der Waals surface area contributed by atoms with E-state index < -0.39 is 36.5 Å². The Labute approximate surface area is 193 Å². The van der Waals surface area contributed by atoms with E-state index >= 15 is 0 Å². The minimum atomic E-state index is -3.65. The molecule has 2 atom stereocenters. The Hall–Kier alpha value is -1.82. The summed E-state index contributed by atoms with van der Waals surface area (Å²) in [5, 5.41) is 5.46. The molecule has 4 rings (SSSR count). The van der Waals surface area contributed by atoms with Crippen LogP contribution in [-0.4, -0.2) is 57.1 Å². The molecule has 1 fully saturated rings. The molecule has 2 aliphatic heterocycles. The summed E-state index contributed by atoms with van der Waals surface area (Å²) in [7, 11) is -6.84. The number of hydrogen-bond donors (Lipinski definition) is 2. The largest absolute Gasteiger partial charge is 0.356 e. The second-order valence-electron chi connectivity index (χ2n) is 8.23. The molecule has 0 radical (unpaired) electrons. The number of hydrogen-bond acceptors (Lipinski definition) is 7. The summed E-state index contributed by atoms with van der Waals surface area (Å²) >= 11 is 1.37.